The van der Waals surface area contributed by atoms with Crippen molar-refractivity contribution in [3.8, 4) is 11.5 Å². The van der Waals surface area contributed by atoms with Gasteiger partial charge < -0.3 is 15.6 Å². The van der Waals surface area contributed by atoms with E-state index in [9.17, 15) is 5.11 Å². The second-order valence-corrected chi connectivity index (χ2v) is 3.51. The highest BCUT2D eigenvalue weighted by atomic mass is 16.5. The van der Waals surface area contributed by atoms with Gasteiger partial charge in [-0.1, -0.05) is 6.07 Å². The first-order valence-electron chi connectivity index (χ1n) is 4.33. The van der Waals surface area contributed by atoms with Crippen LogP contribution in [-0.2, 0) is 5.54 Å². The zero-order valence-corrected chi connectivity index (χ0v) is 7.58. The summed E-state index contributed by atoms with van der Waals surface area (Å²) in [4.78, 5) is 0. The minimum atomic E-state index is -0.351. The average molecular weight is 179 g/mol. The van der Waals surface area contributed by atoms with Crippen LogP contribution >= 0.6 is 0 Å². The van der Waals surface area contributed by atoms with Crippen molar-refractivity contribution in [3.63, 3.8) is 0 Å². The van der Waals surface area contributed by atoms with Crippen molar-refractivity contribution in [2.45, 2.75) is 18.4 Å². The maximum atomic E-state index is 9.64. The fourth-order valence-electron chi connectivity index (χ4n) is 1.57. The Labute approximate surface area is 77.1 Å². The Bertz CT molecular complexity index is 332. The molecule has 0 aliphatic heterocycles. The highest BCUT2D eigenvalue weighted by Crippen LogP contribution is 2.49. The van der Waals surface area contributed by atoms with Gasteiger partial charge in [-0.2, -0.15) is 0 Å². The molecular weight excluding hydrogens is 166 g/mol. The Kier molecular flexibility index (Phi) is 1.70. The van der Waals surface area contributed by atoms with Crippen LogP contribution in [0.2, 0.25) is 0 Å². The molecule has 70 valence electrons. The van der Waals surface area contributed by atoms with Crippen LogP contribution in [-0.4, -0.2) is 12.2 Å². The number of phenols is 1. The summed E-state index contributed by atoms with van der Waals surface area (Å²) in [5.41, 5.74) is 6.40. The Morgan fingerprint density at radius 3 is 2.69 bits per heavy atom. The van der Waals surface area contributed by atoms with Crippen LogP contribution in [0.1, 0.15) is 18.4 Å². The van der Waals surface area contributed by atoms with Gasteiger partial charge in [0.25, 0.3) is 0 Å². The van der Waals surface area contributed by atoms with Crippen molar-refractivity contribution >= 4 is 0 Å². The van der Waals surface area contributed by atoms with Crippen LogP contribution in [0.4, 0.5) is 0 Å². The van der Waals surface area contributed by atoms with E-state index in [0.29, 0.717) is 5.75 Å². The molecule has 1 aromatic rings. The molecule has 1 aliphatic carbocycles. The molecule has 0 heterocycles. The van der Waals surface area contributed by atoms with Gasteiger partial charge in [-0.15, -0.1) is 0 Å². The quantitative estimate of drug-likeness (QED) is 0.720. The van der Waals surface area contributed by atoms with Gasteiger partial charge in [-0.3, -0.25) is 0 Å². The average Bonchev–Trinajstić information content (AvgIpc) is 2.84. The van der Waals surface area contributed by atoms with Gasteiger partial charge in [0.05, 0.1) is 12.7 Å². The number of benzene rings is 1. The van der Waals surface area contributed by atoms with Crippen LogP contribution in [0.3, 0.4) is 0 Å². The van der Waals surface area contributed by atoms with Crippen LogP contribution in [0, 0.1) is 0 Å². The first-order valence-corrected chi connectivity index (χ1v) is 4.33. The first kappa shape index (κ1) is 8.38. The monoisotopic (exact) mass is 179 g/mol. The standard InChI is InChI=1S/C10H13NO2/c1-13-8-4-2-3-7(12)9(8)10(11)5-6-10/h2-4,12H,5-6,11H2,1H3. The minimum absolute atomic E-state index is 0.236. The Balaban J connectivity index is 2.52. The third-order valence-corrected chi connectivity index (χ3v) is 2.51. The molecule has 13 heavy (non-hydrogen) atoms. The maximum Gasteiger partial charge on any atom is 0.127 e. The van der Waals surface area contributed by atoms with Crippen molar-refractivity contribution in [3.05, 3.63) is 23.8 Å². The normalized spacial score (nSPS) is 18.3. The van der Waals surface area contributed by atoms with E-state index in [-0.39, 0.29) is 11.3 Å². The third-order valence-electron chi connectivity index (χ3n) is 2.51. The Hall–Kier alpha value is -1.22. The summed E-state index contributed by atoms with van der Waals surface area (Å²) in [6.07, 6.45) is 1.84. The molecule has 1 aliphatic rings. The Morgan fingerprint density at radius 2 is 2.15 bits per heavy atom. The van der Waals surface area contributed by atoms with E-state index in [0.717, 1.165) is 18.4 Å². The van der Waals surface area contributed by atoms with E-state index in [2.05, 4.69) is 0 Å². The number of methoxy groups -OCH3 is 1. The van der Waals surface area contributed by atoms with Crippen LogP contribution in [0.15, 0.2) is 18.2 Å². The summed E-state index contributed by atoms with van der Waals surface area (Å²) in [5.74, 6) is 0.916. The van der Waals surface area contributed by atoms with Gasteiger partial charge in [-0.25, -0.2) is 0 Å². The summed E-state index contributed by atoms with van der Waals surface area (Å²) in [6, 6.07) is 5.22. The molecule has 3 N–H and O–H groups in total. The summed E-state index contributed by atoms with van der Waals surface area (Å²) in [7, 11) is 1.59. The molecule has 0 amide bonds. The maximum absolute atomic E-state index is 9.64. The largest absolute Gasteiger partial charge is 0.507 e. The zero-order valence-electron chi connectivity index (χ0n) is 7.58. The van der Waals surface area contributed by atoms with Crippen molar-refractivity contribution in [2.75, 3.05) is 7.11 Å². The van der Waals surface area contributed by atoms with E-state index >= 15 is 0 Å². The van der Waals surface area contributed by atoms with Crippen molar-refractivity contribution in [1.82, 2.24) is 0 Å². The smallest absolute Gasteiger partial charge is 0.127 e. The van der Waals surface area contributed by atoms with Crippen molar-refractivity contribution in [1.29, 1.82) is 0 Å². The Morgan fingerprint density at radius 1 is 1.46 bits per heavy atom. The lowest BCUT2D eigenvalue weighted by Crippen LogP contribution is -2.19. The summed E-state index contributed by atoms with van der Waals surface area (Å²) >= 11 is 0. The molecule has 3 nitrogen and oxygen atoms in total. The van der Waals surface area contributed by atoms with Gasteiger partial charge in [-0.05, 0) is 25.0 Å². The number of hydrogen-bond acceptors (Lipinski definition) is 3. The molecule has 1 aromatic carbocycles. The molecule has 0 saturated heterocycles. The molecule has 0 aromatic heterocycles. The molecule has 0 bridgehead atoms. The second kappa shape index (κ2) is 2.64. The van der Waals surface area contributed by atoms with E-state index in [4.69, 9.17) is 10.5 Å². The number of nitrogens with two attached hydrogens (primary N) is 1. The molecular formula is C10H13NO2. The van der Waals surface area contributed by atoms with Gasteiger partial charge in [0, 0.05) is 5.54 Å². The fraction of sp³-hybridized carbons (Fsp3) is 0.400. The summed E-state index contributed by atoms with van der Waals surface area (Å²) in [5, 5.41) is 9.64. The molecule has 0 radical (unpaired) electrons. The predicted octanol–water partition coefficient (Wildman–Crippen LogP) is 1.35. The number of hydrogen-bond donors (Lipinski definition) is 2. The molecule has 0 spiro atoms. The molecule has 1 fully saturated rings. The fourth-order valence-corrected chi connectivity index (χ4v) is 1.57. The van der Waals surface area contributed by atoms with Gasteiger partial charge in [0.15, 0.2) is 0 Å². The summed E-state index contributed by atoms with van der Waals surface area (Å²) in [6.45, 7) is 0. The van der Waals surface area contributed by atoms with Gasteiger partial charge in [0.1, 0.15) is 11.5 Å². The van der Waals surface area contributed by atoms with E-state index < -0.39 is 0 Å². The van der Waals surface area contributed by atoms with E-state index in [1.54, 1.807) is 19.2 Å². The first-order chi connectivity index (χ1) is 6.17. The highest BCUT2D eigenvalue weighted by Gasteiger charge is 2.44. The molecule has 3 heteroatoms. The van der Waals surface area contributed by atoms with Crippen molar-refractivity contribution < 1.29 is 9.84 Å². The highest BCUT2D eigenvalue weighted by molar-refractivity contribution is 5.50. The number of phenolic OH excluding ortho intramolecular Hbond substituents is 1. The lowest BCUT2D eigenvalue weighted by Gasteiger charge is -2.15. The van der Waals surface area contributed by atoms with Crippen LogP contribution < -0.4 is 10.5 Å². The van der Waals surface area contributed by atoms with Gasteiger partial charge in [0.2, 0.25) is 0 Å². The lowest BCUT2D eigenvalue weighted by molar-refractivity contribution is 0.391. The minimum Gasteiger partial charge on any atom is -0.507 e. The molecule has 2 rings (SSSR count). The summed E-state index contributed by atoms with van der Waals surface area (Å²) < 4.78 is 5.15. The third kappa shape index (κ3) is 1.25. The number of aromatic hydroxyl groups is 1. The molecule has 0 atom stereocenters. The SMILES string of the molecule is COc1cccc(O)c1C1(N)CC1. The number of ether oxygens (including phenoxy) is 1. The zero-order chi connectivity index (χ0) is 9.47. The van der Waals surface area contributed by atoms with Crippen molar-refractivity contribution in [2.24, 2.45) is 5.73 Å². The second-order valence-electron chi connectivity index (χ2n) is 3.51. The van der Waals surface area contributed by atoms with Crippen LogP contribution in [0.5, 0.6) is 11.5 Å². The molecule has 0 unspecified atom stereocenters. The van der Waals surface area contributed by atoms with E-state index in [1.165, 1.54) is 0 Å². The van der Waals surface area contributed by atoms with Gasteiger partial charge >= 0.3 is 0 Å². The van der Waals surface area contributed by atoms with Crippen LogP contribution in [0.25, 0.3) is 0 Å². The predicted molar refractivity (Wildman–Crippen MR) is 49.8 cm³/mol. The lowest BCUT2D eigenvalue weighted by atomic mass is 10.0. The number of rotatable bonds is 2. The topological polar surface area (TPSA) is 55.5 Å². The van der Waals surface area contributed by atoms with E-state index in [1.807, 2.05) is 6.07 Å². The molecule has 1 saturated carbocycles.